The molecule has 0 aliphatic heterocycles. The van der Waals surface area contributed by atoms with Crippen molar-refractivity contribution in [1.29, 1.82) is 0 Å². The third-order valence-electron chi connectivity index (χ3n) is 2.48. The van der Waals surface area contributed by atoms with Gasteiger partial charge in [-0.25, -0.2) is 23.1 Å². The highest BCUT2D eigenvalue weighted by Crippen LogP contribution is 2.23. The molecule has 0 aliphatic carbocycles. The van der Waals surface area contributed by atoms with E-state index in [4.69, 9.17) is 0 Å². The second-order valence-electron chi connectivity index (χ2n) is 4.09. The Hall–Kier alpha value is -2.31. The molecular formula is C13H13F3N4. The van der Waals surface area contributed by atoms with Crippen LogP contribution < -0.4 is 10.6 Å². The van der Waals surface area contributed by atoms with Gasteiger partial charge in [0.1, 0.15) is 23.8 Å². The summed E-state index contributed by atoms with van der Waals surface area (Å²) in [7, 11) is 0. The van der Waals surface area contributed by atoms with E-state index in [1.807, 2.05) is 6.92 Å². The van der Waals surface area contributed by atoms with E-state index in [9.17, 15) is 13.2 Å². The fourth-order valence-electron chi connectivity index (χ4n) is 1.56. The van der Waals surface area contributed by atoms with E-state index >= 15 is 0 Å². The van der Waals surface area contributed by atoms with Crippen molar-refractivity contribution in [3.63, 3.8) is 0 Å². The van der Waals surface area contributed by atoms with Crippen LogP contribution in [0.15, 0.2) is 24.5 Å². The van der Waals surface area contributed by atoms with Crippen LogP contribution in [0.4, 0.5) is 30.5 Å². The van der Waals surface area contributed by atoms with Gasteiger partial charge in [0.05, 0.1) is 5.69 Å². The zero-order chi connectivity index (χ0) is 14.5. The molecule has 2 rings (SSSR count). The van der Waals surface area contributed by atoms with Gasteiger partial charge >= 0.3 is 0 Å². The Labute approximate surface area is 114 Å². The summed E-state index contributed by atoms with van der Waals surface area (Å²) in [5.41, 5.74) is -0.317. The van der Waals surface area contributed by atoms with Crippen LogP contribution in [0.5, 0.6) is 0 Å². The van der Waals surface area contributed by atoms with E-state index in [1.54, 1.807) is 0 Å². The third kappa shape index (κ3) is 3.37. The Morgan fingerprint density at radius 2 is 1.80 bits per heavy atom. The molecule has 0 bridgehead atoms. The lowest BCUT2D eigenvalue weighted by atomic mass is 10.3. The van der Waals surface area contributed by atoms with Crippen LogP contribution in [-0.2, 0) is 0 Å². The van der Waals surface area contributed by atoms with Crippen LogP contribution in [0.1, 0.15) is 13.3 Å². The summed E-state index contributed by atoms with van der Waals surface area (Å²) in [5.74, 6) is -2.51. The van der Waals surface area contributed by atoms with Gasteiger partial charge in [0.2, 0.25) is 0 Å². The first-order valence-electron chi connectivity index (χ1n) is 6.07. The first-order chi connectivity index (χ1) is 9.60. The molecule has 1 aromatic carbocycles. The average molecular weight is 282 g/mol. The predicted molar refractivity (Wildman–Crippen MR) is 70.4 cm³/mol. The number of nitrogens with one attached hydrogen (secondary N) is 2. The van der Waals surface area contributed by atoms with Gasteiger partial charge in [-0.15, -0.1) is 0 Å². The summed E-state index contributed by atoms with van der Waals surface area (Å²) < 4.78 is 39.7. The first-order valence-corrected chi connectivity index (χ1v) is 6.07. The smallest absolute Gasteiger partial charge is 0.182 e. The van der Waals surface area contributed by atoms with Crippen LogP contribution in [-0.4, -0.2) is 16.5 Å². The molecule has 106 valence electrons. The molecule has 2 aromatic rings. The molecular weight excluding hydrogens is 269 g/mol. The number of nitrogens with zero attached hydrogens (tertiary/aromatic N) is 2. The number of anilines is 3. The second-order valence-corrected chi connectivity index (χ2v) is 4.09. The zero-order valence-corrected chi connectivity index (χ0v) is 10.8. The lowest BCUT2D eigenvalue weighted by molar-refractivity contribution is 0.498. The van der Waals surface area contributed by atoms with Gasteiger partial charge in [-0.3, -0.25) is 0 Å². The average Bonchev–Trinajstić information content (AvgIpc) is 2.42. The van der Waals surface area contributed by atoms with Gasteiger partial charge in [-0.1, -0.05) is 6.92 Å². The monoisotopic (exact) mass is 282 g/mol. The Bertz CT molecular complexity index is 604. The van der Waals surface area contributed by atoms with E-state index in [1.165, 1.54) is 12.4 Å². The van der Waals surface area contributed by atoms with Crippen LogP contribution in [0.25, 0.3) is 0 Å². The topological polar surface area (TPSA) is 49.8 Å². The number of halogens is 3. The molecule has 0 saturated carbocycles. The van der Waals surface area contributed by atoms with E-state index in [0.29, 0.717) is 11.9 Å². The van der Waals surface area contributed by atoms with Crippen LogP contribution in [0, 0.1) is 17.5 Å². The highest BCUT2D eigenvalue weighted by Gasteiger charge is 2.11. The number of hydrogen-bond acceptors (Lipinski definition) is 4. The molecule has 0 fully saturated rings. The summed E-state index contributed by atoms with van der Waals surface area (Å²) in [6, 6.07) is 2.87. The van der Waals surface area contributed by atoms with Crippen molar-refractivity contribution in [2.24, 2.45) is 0 Å². The predicted octanol–water partition coefficient (Wildman–Crippen LogP) is 3.46. The van der Waals surface area contributed by atoms with Crippen molar-refractivity contribution in [3.05, 3.63) is 42.0 Å². The van der Waals surface area contributed by atoms with Crippen molar-refractivity contribution >= 4 is 17.3 Å². The fraction of sp³-hybridized carbons (Fsp3) is 0.231. The standard InChI is InChI=1S/C13H13F3N4/c1-2-3-17-11-6-12(19-7-18-11)20-10-5-8(14)4-9(15)13(10)16/h4-7H,2-3H2,1H3,(H2,17,18,19,20). The number of benzene rings is 1. The molecule has 0 spiro atoms. The van der Waals surface area contributed by atoms with E-state index < -0.39 is 17.5 Å². The minimum absolute atomic E-state index is 0.238. The highest BCUT2D eigenvalue weighted by molar-refractivity contribution is 5.59. The zero-order valence-electron chi connectivity index (χ0n) is 10.8. The Morgan fingerprint density at radius 1 is 1.05 bits per heavy atom. The third-order valence-corrected chi connectivity index (χ3v) is 2.48. The molecule has 0 unspecified atom stereocenters. The van der Waals surface area contributed by atoms with Crippen molar-refractivity contribution in [1.82, 2.24) is 9.97 Å². The maximum atomic E-state index is 13.5. The Kier molecular flexibility index (Phi) is 4.39. The second kappa shape index (κ2) is 6.23. The minimum atomic E-state index is -1.26. The number of rotatable bonds is 5. The lowest BCUT2D eigenvalue weighted by Gasteiger charge is -2.09. The van der Waals surface area contributed by atoms with Gasteiger partial charge in [-0.05, 0) is 6.42 Å². The van der Waals surface area contributed by atoms with Crippen molar-refractivity contribution in [2.45, 2.75) is 13.3 Å². The quantitative estimate of drug-likeness (QED) is 0.825. The summed E-state index contributed by atoms with van der Waals surface area (Å²) in [6.07, 6.45) is 2.18. The van der Waals surface area contributed by atoms with E-state index in [-0.39, 0.29) is 11.5 Å². The van der Waals surface area contributed by atoms with Gasteiger partial charge in [0.15, 0.2) is 11.6 Å². The van der Waals surface area contributed by atoms with E-state index in [2.05, 4.69) is 20.6 Å². The number of hydrogen-bond donors (Lipinski definition) is 2. The molecule has 0 amide bonds. The number of aromatic nitrogens is 2. The normalized spacial score (nSPS) is 10.4. The van der Waals surface area contributed by atoms with Gasteiger partial charge in [0, 0.05) is 24.7 Å². The first kappa shape index (κ1) is 14.1. The maximum absolute atomic E-state index is 13.5. The molecule has 7 heteroatoms. The fourth-order valence-corrected chi connectivity index (χ4v) is 1.56. The minimum Gasteiger partial charge on any atom is -0.370 e. The molecule has 1 aromatic heterocycles. The molecule has 1 heterocycles. The van der Waals surface area contributed by atoms with Crippen LogP contribution >= 0.6 is 0 Å². The van der Waals surface area contributed by atoms with Crippen LogP contribution in [0.3, 0.4) is 0 Å². The Balaban J connectivity index is 2.21. The lowest BCUT2D eigenvalue weighted by Crippen LogP contribution is -2.04. The largest absolute Gasteiger partial charge is 0.370 e. The summed E-state index contributed by atoms with van der Waals surface area (Å²) in [4.78, 5) is 7.84. The van der Waals surface area contributed by atoms with Crippen molar-refractivity contribution in [3.8, 4) is 0 Å². The molecule has 0 atom stereocenters. The molecule has 20 heavy (non-hydrogen) atoms. The summed E-state index contributed by atoms with van der Waals surface area (Å²) in [6.45, 7) is 2.72. The Morgan fingerprint density at radius 3 is 2.55 bits per heavy atom. The molecule has 4 nitrogen and oxygen atoms in total. The summed E-state index contributed by atoms with van der Waals surface area (Å²) in [5, 5.41) is 5.55. The molecule has 2 N–H and O–H groups in total. The van der Waals surface area contributed by atoms with Crippen molar-refractivity contribution < 1.29 is 13.2 Å². The SMILES string of the molecule is CCCNc1cc(Nc2cc(F)cc(F)c2F)ncn1. The summed E-state index contributed by atoms with van der Waals surface area (Å²) >= 11 is 0. The van der Waals surface area contributed by atoms with Gasteiger partial charge < -0.3 is 10.6 Å². The maximum Gasteiger partial charge on any atom is 0.182 e. The molecule has 0 saturated heterocycles. The van der Waals surface area contributed by atoms with E-state index in [0.717, 1.165) is 19.0 Å². The van der Waals surface area contributed by atoms with Crippen LogP contribution in [0.2, 0.25) is 0 Å². The molecule has 0 radical (unpaired) electrons. The van der Waals surface area contributed by atoms with Gasteiger partial charge in [-0.2, -0.15) is 0 Å². The van der Waals surface area contributed by atoms with Crippen molar-refractivity contribution in [2.75, 3.05) is 17.2 Å². The van der Waals surface area contributed by atoms with Gasteiger partial charge in [0.25, 0.3) is 0 Å². The molecule has 0 aliphatic rings. The highest BCUT2D eigenvalue weighted by atomic mass is 19.2.